The summed E-state index contributed by atoms with van der Waals surface area (Å²) in [6, 6.07) is 0. The lowest BCUT2D eigenvalue weighted by Crippen LogP contribution is -2.15. The highest BCUT2D eigenvalue weighted by molar-refractivity contribution is 5.87. The molecule has 0 spiro atoms. The molecule has 0 amide bonds. The van der Waals surface area contributed by atoms with Gasteiger partial charge in [-0.25, -0.2) is 0 Å². The zero-order valence-corrected chi connectivity index (χ0v) is 9.28. The fraction of sp³-hybridized carbons (Fsp3) is 0.778. The third kappa shape index (κ3) is 9.83. The molecule has 0 radical (unpaired) electrons. The van der Waals surface area contributed by atoms with Crippen molar-refractivity contribution in [2.75, 3.05) is 0 Å². The topological polar surface area (TPSA) is 24.7 Å². The van der Waals surface area contributed by atoms with Crippen molar-refractivity contribution in [2.24, 2.45) is 10.2 Å². The van der Waals surface area contributed by atoms with Gasteiger partial charge in [0.1, 0.15) is 0 Å². The second-order valence-electron chi connectivity index (χ2n) is 3.44. The Bertz CT molecular complexity index is 300. The summed E-state index contributed by atoms with van der Waals surface area (Å²) in [5.74, 6) is 0. The highest BCUT2D eigenvalue weighted by Crippen LogP contribution is 2.22. The van der Waals surface area contributed by atoms with E-state index in [9.17, 15) is 26.3 Å². The monoisotopic (exact) mass is 262 g/mol. The molecule has 0 aromatic rings. The standard InChI is InChI=1S/C9H12F6N2/c1-3-7(5-9(13,14)15)17-16-6(2)4-8(10,11)12/h3-5H2,1-2H3/b16-6+,17-7-. The zero-order chi connectivity index (χ0) is 13.7. The first-order chi connectivity index (χ1) is 7.53. The van der Waals surface area contributed by atoms with E-state index in [1.54, 1.807) is 0 Å². The van der Waals surface area contributed by atoms with E-state index in [2.05, 4.69) is 10.2 Å². The number of halogens is 6. The fourth-order valence-corrected chi connectivity index (χ4v) is 0.944. The summed E-state index contributed by atoms with van der Waals surface area (Å²) in [4.78, 5) is 0. The number of alkyl halides is 6. The third-order valence-electron chi connectivity index (χ3n) is 1.63. The van der Waals surface area contributed by atoms with Crippen molar-refractivity contribution in [2.45, 2.75) is 45.5 Å². The normalized spacial score (nSPS) is 15.3. The first-order valence-corrected chi connectivity index (χ1v) is 4.76. The van der Waals surface area contributed by atoms with Crippen molar-refractivity contribution < 1.29 is 26.3 Å². The fourth-order valence-electron chi connectivity index (χ4n) is 0.944. The van der Waals surface area contributed by atoms with Crippen LogP contribution in [0.3, 0.4) is 0 Å². The maximum atomic E-state index is 12.0. The molecule has 0 heterocycles. The minimum atomic E-state index is -4.43. The van der Waals surface area contributed by atoms with Crippen molar-refractivity contribution in [3.63, 3.8) is 0 Å². The lowest BCUT2D eigenvalue weighted by atomic mass is 10.2. The first kappa shape index (κ1) is 15.9. The summed E-state index contributed by atoms with van der Waals surface area (Å²) in [5.41, 5.74) is -0.662. The van der Waals surface area contributed by atoms with Gasteiger partial charge in [0.2, 0.25) is 0 Å². The first-order valence-electron chi connectivity index (χ1n) is 4.76. The van der Waals surface area contributed by atoms with Crippen molar-refractivity contribution in [1.82, 2.24) is 0 Å². The minimum Gasteiger partial charge on any atom is -0.171 e. The summed E-state index contributed by atoms with van der Waals surface area (Å²) < 4.78 is 71.6. The maximum Gasteiger partial charge on any atom is 0.394 e. The largest absolute Gasteiger partial charge is 0.394 e. The van der Waals surface area contributed by atoms with E-state index in [-0.39, 0.29) is 17.8 Å². The maximum absolute atomic E-state index is 12.0. The SMILES string of the molecule is CC/C(CC(F)(F)F)=N/N=C(\C)CC(F)(F)F. The van der Waals surface area contributed by atoms with Gasteiger partial charge in [0, 0.05) is 11.4 Å². The molecule has 2 nitrogen and oxygen atoms in total. The van der Waals surface area contributed by atoms with Gasteiger partial charge in [0.05, 0.1) is 12.8 Å². The van der Waals surface area contributed by atoms with Crippen LogP contribution in [0.25, 0.3) is 0 Å². The Morgan fingerprint density at radius 3 is 1.71 bits per heavy atom. The van der Waals surface area contributed by atoms with Gasteiger partial charge in [-0.15, -0.1) is 0 Å². The molecule has 0 aliphatic heterocycles. The molecular weight excluding hydrogens is 250 g/mol. The second-order valence-corrected chi connectivity index (χ2v) is 3.44. The quantitative estimate of drug-likeness (QED) is 0.413. The van der Waals surface area contributed by atoms with Gasteiger partial charge < -0.3 is 0 Å². The van der Waals surface area contributed by atoms with Gasteiger partial charge in [-0.3, -0.25) is 0 Å². The van der Waals surface area contributed by atoms with E-state index in [4.69, 9.17) is 0 Å². The van der Waals surface area contributed by atoms with Crippen LogP contribution in [0.4, 0.5) is 26.3 Å². The van der Waals surface area contributed by atoms with Gasteiger partial charge in [0.25, 0.3) is 0 Å². The highest BCUT2D eigenvalue weighted by Gasteiger charge is 2.30. The molecule has 0 saturated heterocycles. The van der Waals surface area contributed by atoms with Crippen LogP contribution < -0.4 is 0 Å². The van der Waals surface area contributed by atoms with Crippen LogP contribution >= 0.6 is 0 Å². The lowest BCUT2D eigenvalue weighted by Gasteiger charge is -2.07. The van der Waals surface area contributed by atoms with Gasteiger partial charge in [-0.1, -0.05) is 6.92 Å². The van der Waals surface area contributed by atoms with E-state index in [0.29, 0.717) is 0 Å². The van der Waals surface area contributed by atoms with Crippen molar-refractivity contribution in [3.8, 4) is 0 Å². The molecule has 0 bridgehead atoms. The lowest BCUT2D eigenvalue weighted by molar-refractivity contribution is -0.122. The Morgan fingerprint density at radius 2 is 1.35 bits per heavy atom. The average Bonchev–Trinajstić information content (AvgIpc) is 2.07. The van der Waals surface area contributed by atoms with Crippen molar-refractivity contribution >= 4 is 11.4 Å². The smallest absolute Gasteiger partial charge is 0.171 e. The van der Waals surface area contributed by atoms with Crippen LogP contribution in [-0.4, -0.2) is 23.8 Å². The van der Waals surface area contributed by atoms with Crippen molar-refractivity contribution in [3.05, 3.63) is 0 Å². The summed E-state index contributed by atoms with van der Waals surface area (Å²) in [6.07, 6.45) is -11.4. The van der Waals surface area contributed by atoms with Crippen LogP contribution in [0.15, 0.2) is 10.2 Å². The molecule has 0 aromatic heterocycles. The number of hydrogen-bond acceptors (Lipinski definition) is 2. The molecule has 0 aliphatic carbocycles. The molecule has 100 valence electrons. The molecule has 0 saturated carbocycles. The average molecular weight is 262 g/mol. The molecule has 8 heteroatoms. The van der Waals surface area contributed by atoms with Crippen LogP contribution in [0, 0.1) is 0 Å². The van der Waals surface area contributed by atoms with E-state index in [0.717, 1.165) is 6.92 Å². The molecule has 0 fully saturated rings. The van der Waals surface area contributed by atoms with Gasteiger partial charge in [-0.2, -0.15) is 36.5 Å². The molecule has 0 atom stereocenters. The number of rotatable bonds is 4. The van der Waals surface area contributed by atoms with E-state index >= 15 is 0 Å². The van der Waals surface area contributed by atoms with E-state index in [1.807, 2.05) is 0 Å². The molecule has 0 N–H and O–H groups in total. The molecular formula is C9H12F6N2. The zero-order valence-electron chi connectivity index (χ0n) is 9.28. The van der Waals surface area contributed by atoms with Crippen LogP contribution in [-0.2, 0) is 0 Å². The number of nitrogens with zero attached hydrogens (tertiary/aromatic N) is 2. The second kappa shape index (κ2) is 6.02. The molecule has 0 rings (SSSR count). The van der Waals surface area contributed by atoms with Gasteiger partial charge >= 0.3 is 12.4 Å². The predicted octanol–water partition coefficient (Wildman–Crippen LogP) is 4.12. The Hall–Kier alpha value is -1.08. The number of hydrogen-bond donors (Lipinski definition) is 0. The Morgan fingerprint density at radius 1 is 0.882 bits per heavy atom. The molecule has 0 aromatic carbocycles. The van der Waals surface area contributed by atoms with Crippen molar-refractivity contribution in [1.29, 1.82) is 0 Å². The molecule has 0 unspecified atom stereocenters. The van der Waals surface area contributed by atoms with Crippen LogP contribution in [0.2, 0.25) is 0 Å². The Kier molecular flexibility index (Phi) is 5.63. The molecule has 0 aliphatic rings. The summed E-state index contributed by atoms with van der Waals surface area (Å²) in [6.45, 7) is 2.50. The summed E-state index contributed by atoms with van der Waals surface area (Å²) in [5, 5.41) is 6.35. The Labute approximate surface area is 94.4 Å². The van der Waals surface area contributed by atoms with Gasteiger partial charge in [0.15, 0.2) is 0 Å². The summed E-state index contributed by atoms with van der Waals surface area (Å²) in [7, 11) is 0. The predicted molar refractivity (Wildman–Crippen MR) is 52.2 cm³/mol. The summed E-state index contributed by atoms with van der Waals surface area (Å²) >= 11 is 0. The van der Waals surface area contributed by atoms with Crippen LogP contribution in [0.5, 0.6) is 0 Å². The van der Waals surface area contributed by atoms with E-state index < -0.39 is 25.2 Å². The van der Waals surface area contributed by atoms with Gasteiger partial charge in [-0.05, 0) is 13.3 Å². The third-order valence-corrected chi connectivity index (χ3v) is 1.63. The van der Waals surface area contributed by atoms with Crippen LogP contribution in [0.1, 0.15) is 33.1 Å². The minimum absolute atomic E-state index is 0.0116. The molecule has 17 heavy (non-hydrogen) atoms. The Balaban J connectivity index is 4.59. The van der Waals surface area contributed by atoms with E-state index in [1.165, 1.54) is 6.92 Å². The highest BCUT2D eigenvalue weighted by atomic mass is 19.4.